The maximum absolute atomic E-state index is 11.0. The van der Waals surface area contributed by atoms with Crippen LogP contribution in [0.4, 0.5) is 0 Å². The Balaban J connectivity index is 2.29. The van der Waals surface area contributed by atoms with Crippen molar-refractivity contribution in [3.05, 3.63) is 35.4 Å². The lowest BCUT2D eigenvalue weighted by Gasteiger charge is -2.09. The van der Waals surface area contributed by atoms with Crippen LogP contribution in [0.15, 0.2) is 24.3 Å². The molecule has 0 saturated carbocycles. The fourth-order valence-corrected chi connectivity index (χ4v) is 1.62. The van der Waals surface area contributed by atoms with Gasteiger partial charge in [-0.3, -0.25) is 0 Å². The Hall–Kier alpha value is -1.39. The number of rotatable bonds is 8. The summed E-state index contributed by atoms with van der Waals surface area (Å²) in [5.74, 6) is -0.879. The van der Waals surface area contributed by atoms with Crippen molar-refractivity contribution in [1.82, 2.24) is 5.32 Å². The number of nitrogens with one attached hydrogen (secondary N) is 1. The molecule has 4 heteroatoms. The number of carbonyl (C=O) groups is 1. The monoisotopic (exact) mass is 251 g/mol. The van der Waals surface area contributed by atoms with Gasteiger partial charge in [-0.15, -0.1) is 0 Å². The summed E-state index contributed by atoms with van der Waals surface area (Å²) in [6.07, 6.45) is 1.19. The van der Waals surface area contributed by atoms with Gasteiger partial charge in [0.1, 0.15) is 0 Å². The van der Waals surface area contributed by atoms with E-state index in [1.807, 2.05) is 26.0 Å². The Morgan fingerprint density at radius 2 is 2.11 bits per heavy atom. The number of ether oxygens (including phenoxy) is 1. The molecule has 100 valence electrons. The first-order valence-corrected chi connectivity index (χ1v) is 6.24. The molecule has 18 heavy (non-hydrogen) atoms. The summed E-state index contributed by atoms with van der Waals surface area (Å²) in [5, 5.41) is 12.2. The Morgan fingerprint density at radius 3 is 2.78 bits per heavy atom. The van der Waals surface area contributed by atoms with E-state index in [1.54, 1.807) is 12.1 Å². The molecular formula is C14H21NO3. The first-order valence-electron chi connectivity index (χ1n) is 6.24. The summed E-state index contributed by atoms with van der Waals surface area (Å²) in [4.78, 5) is 11.0. The average Bonchev–Trinajstić information content (AvgIpc) is 2.33. The highest BCUT2D eigenvalue weighted by molar-refractivity contribution is 5.89. The van der Waals surface area contributed by atoms with Crippen LogP contribution in [-0.4, -0.2) is 30.3 Å². The van der Waals surface area contributed by atoms with E-state index in [0.29, 0.717) is 12.1 Å². The van der Waals surface area contributed by atoms with E-state index in [4.69, 9.17) is 9.84 Å². The minimum Gasteiger partial charge on any atom is -0.478 e. The molecule has 1 rings (SSSR count). The lowest BCUT2D eigenvalue weighted by atomic mass is 10.1. The van der Waals surface area contributed by atoms with Crippen LogP contribution in [0.2, 0.25) is 0 Å². The van der Waals surface area contributed by atoms with Crippen LogP contribution in [0.1, 0.15) is 36.2 Å². The van der Waals surface area contributed by atoms with Crippen LogP contribution in [0.25, 0.3) is 0 Å². The molecule has 0 atom stereocenters. The Kier molecular flexibility index (Phi) is 6.39. The zero-order valence-corrected chi connectivity index (χ0v) is 11.0. The zero-order chi connectivity index (χ0) is 13.4. The molecule has 0 radical (unpaired) electrons. The molecule has 0 unspecified atom stereocenters. The molecule has 0 aliphatic rings. The smallest absolute Gasteiger partial charge is 0.336 e. The van der Waals surface area contributed by atoms with Gasteiger partial charge in [0.05, 0.1) is 11.7 Å². The van der Waals surface area contributed by atoms with Gasteiger partial charge in [-0.05, 0) is 38.4 Å². The van der Waals surface area contributed by atoms with E-state index in [1.165, 1.54) is 0 Å². The second kappa shape index (κ2) is 7.84. The third-order valence-electron chi connectivity index (χ3n) is 2.51. The first kappa shape index (κ1) is 14.7. The number of hydrogen-bond acceptors (Lipinski definition) is 3. The van der Waals surface area contributed by atoms with Crippen molar-refractivity contribution in [2.45, 2.75) is 32.9 Å². The van der Waals surface area contributed by atoms with Crippen molar-refractivity contribution in [3.63, 3.8) is 0 Å². The summed E-state index contributed by atoms with van der Waals surface area (Å²) in [5.41, 5.74) is 1.18. The lowest BCUT2D eigenvalue weighted by Crippen LogP contribution is -2.19. The minimum atomic E-state index is -0.879. The maximum atomic E-state index is 11.0. The molecule has 0 bridgehead atoms. The standard InChI is InChI=1S/C14H21NO3/c1-11(2)18-9-5-8-15-10-12-6-3-4-7-13(12)14(16)17/h3-4,6-7,11,15H,5,8-10H2,1-2H3,(H,16,17). The molecule has 0 aliphatic carbocycles. The second-order valence-electron chi connectivity index (χ2n) is 4.41. The SMILES string of the molecule is CC(C)OCCCNCc1ccccc1C(=O)O. The molecule has 1 aromatic rings. The largest absolute Gasteiger partial charge is 0.478 e. The van der Waals surface area contributed by atoms with Gasteiger partial charge in [0.15, 0.2) is 0 Å². The van der Waals surface area contributed by atoms with E-state index in [9.17, 15) is 4.79 Å². The number of benzene rings is 1. The van der Waals surface area contributed by atoms with Gasteiger partial charge in [-0.25, -0.2) is 4.79 Å². The van der Waals surface area contributed by atoms with Crippen LogP contribution in [-0.2, 0) is 11.3 Å². The summed E-state index contributed by atoms with van der Waals surface area (Å²) >= 11 is 0. The topological polar surface area (TPSA) is 58.6 Å². The van der Waals surface area contributed by atoms with Crippen LogP contribution >= 0.6 is 0 Å². The van der Waals surface area contributed by atoms with Gasteiger partial charge >= 0.3 is 5.97 Å². The predicted octanol–water partition coefficient (Wildman–Crippen LogP) is 2.29. The average molecular weight is 251 g/mol. The molecule has 0 spiro atoms. The molecular weight excluding hydrogens is 230 g/mol. The highest BCUT2D eigenvalue weighted by Gasteiger charge is 2.07. The van der Waals surface area contributed by atoms with Crippen LogP contribution in [0.5, 0.6) is 0 Å². The Labute approximate surface area is 108 Å². The lowest BCUT2D eigenvalue weighted by molar-refractivity contribution is 0.0694. The van der Waals surface area contributed by atoms with Crippen molar-refractivity contribution in [2.75, 3.05) is 13.2 Å². The van der Waals surface area contributed by atoms with Gasteiger partial charge in [0.2, 0.25) is 0 Å². The fourth-order valence-electron chi connectivity index (χ4n) is 1.62. The molecule has 0 saturated heterocycles. The minimum absolute atomic E-state index is 0.262. The second-order valence-corrected chi connectivity index (χ2v) is 4.41. The molecule has 0 heterocycles. The van der Waals surface area contributed by atoms with Gasteiger partial charge in [0, 0.05) is 13.2 Å². The van der Waals surface area contributed by atoms with E-state index in [0.717, 1.165) is 25.1 Å². The van der Waals surface area contributed by atoms with Crippen molar-refractivity contribution >= 4 is 5.97 Å². The fraction of sp³-hybridized carbons (Fsp3) is 0.500. The number of aromatic carboxylic acids is 1. The van der Waals surface area contributed by atoms with Gasteiger partial charge in [-0.1, -0.05) is 18.2 Å². The van der Waals surface area contributed by atoms with E-state index >= 15 is 0 Å². The van der Waals surface area contributed by atoms with E-state index in [-0.39, 0.29) is 6.10 Å². The van der Waals surface area contributed by atoms with Crippen LogP contribution in [0, 0.1) is 0 Å². The number of hydrogen-bond donors (Lipinski definition) is 2. The molecule has 0 amide bonds. The van der Waals surface area contributed by atoms with E-state index < -0.39 is 5.97 Å². The van der Waals surface area contributed by atoms with Crippen molar-refractivity contribution in [3.8, 4) is 0 Å². The highest BCUT2D eigenvalue weighted by atomic mass is 16.5. The molecule has 0 aliphatic heterocycles. The van der Waals surface area contributed by atoms with Crippen LogP contribution < -0.4 is 5.32 Å². The van der Waals surface area contributed by atoms with Crippen molar-refractivity contribution in [2.24, 2.45) is 0 Å². The third-order valence-corrected chi connectivity index (χ3v) is 2.51. The summed E-state index contributed by atoms with van der Waals surface area (Å²) in [6.45, 7) is 6.14. The van der Waals surface area contributed by atoms with Gasteiger partial charge in [-0.2, -0.15) is 0 Å². The zero-order valence-electron chi connectivity index (χ0n) is 11.0. The molecule has 0 aromatic heterocycles. The maximum Gasteiger partial charge on any atom is 0.336 e. The predicted molar refractivity (Wildman–Crippen MR) is 70.8 cm³/mol. The van der Waals surface area contributed by atoms with Gasteiger partial charge < -0.3 is 15.2 Å². The van der Waals surface area contributed by atoms with E-state index in [2.05, 4.69) is 5.32 Å². The first-order chi connectivity index (χ1) is 8.61. The Bertz CT molecular complexity index is 377. The third kappa shape index (κ3) is 5.29. The summed E-state index contributed by atoms with van der Waals surface area (Å²) < 4.78 is 5.42. The molecule has 1 aromatic carbocycles. The number of carboxylic acid groups (broad SMARTS) is 1. The van der Waals surface area contributed by atoms with Crippen molar-refractivity contribution in [1.29, 1.82) is 0 Å². The van der Waals surface area contributed by atoms with Crippen LogP contribution in [0.3, 0.4) is 0 Å². The highest BCUT2D eigenvalue weighted by Crippen LogP contribution is 2.08. The normalized spacial score (nSPS) is 10.8. The Morgan fingerprint density at radius 1 is 1.39 bits per heavy atom. The quantitative estimate of drug-likeness (QED) is 0.696. The molecule has 4 nitrogen and oxygen atoms in total. The summed E-state index contributed by atoms with van der Waals surface area (Å²) in [6, 6.07) is 7.05. The molecule has 0 fully saturated rings. The van der Waals surface area contributed by atoms with Crippen molar-refractivity contribution < 1.29 is 14.6 Å². The number of carboxylic acids is 1. The molecule has 2 N–H and O–H groups in total. The summed E-state index contributed by atoms with van der Waals surface area (Å²) in [7, 11) is 0. The van der Waals surface area contributed by atoms with Gasteiger partial charge in [0.25, 0.3) is 0 Å².